The summed E-state index contributed by atoms with van der Waals surface area (Å²) >= 11 is 0. The fourth-order valence-corrected chi connectivity index (χ4v) is 3.73. The summed E-state index contributed by atoms with van der Waals surface area (Å²) < 4.78 is 29.5. The van der Waals surface area contributed by atoms with Crippen LogP contribution >= 0.6 is 0 Å². The molecule has 1 unspecified atom stereocenters. The predicted octanol–water partition coefficient (Wildman–Crippen LogP) is 3.97. The van der Waals surface area contributed by atoms with E-state index in [4.69, 9.17) is 5.73 Å². The number of nitrogens with zero attached hydrogens (tertiary/aromatic N) is 4. The molecule has 3 aromatic heterocycles. The van der Waals surface area contributed by atoms with Gasteiger partial charge in [-0.3, -0.25) is 9.20 Å². The van der Waals surface area contributed by atoms with Crippen molar-refractivity contribution in [2.75, 3.05) is 11.1 Å². The lowest BCUT2D eigenvalue weighted by Crippen LogP contribution is -2.22. The van der Waals surface area contributed by atoms with Crippen LogP contribution in [0.5, 0.6) is 0 Å². The van der Waals surface area contributed by atoms with E-state index in [-0.39, 0.29) is 28.3 Å². The van der Waals surface area contributed by atoms with Gasteiger partial charge in [0.25, 0.3) is 5.56 Å². The van der Waals surface area contributed by atoms with E-state index in [0.717, 1.165) is 18.2 Å². The summed E-state index contributed by atoms with van der Waals surface area (Å²) in [5.74, 6) is -1.39. The highest BCUT2D eigenvalue weighted by atomic mass is 19.1. The third kappa shape index (κ3) is 3.63. The minimum atomic E-state index is -0.795. The van der Waals surface area contributed by atoms with Crippen LogP contribution in [0.25, 0.3) is 16.6 Å². The van der Waals surface area contributed by atoms with E-state index in [0.29, 0.717) is 16.8 Å². The highest BCUT2D eigenvalue weighted by Crippen LogP contribution is 2.31. The molecule has 0 aliphatic heterocycles. The van der Waals surface area contributed by atoms with E-state index in [1.807, 2.05) is 12.1 Å². The molecule has 32 heavy (non-hydrogen) atoms. The molecule has 0 saturated carbocycles. The first-order chi connectivity index (χ1) is 15.3. The van der Waals surface area contributed by atoms with Gasteiger partial charge in [0, 0.05) is 17.3 Å². The number of aromatic nitrogens is 3. The number of hydrogen-bond donors (Lipinski definition) is 2. The fraction of sp³-hybridized carbons (Fsp3) is 0.130. The highest BCUT2D eigenvalue weighted by Gasteiger charge is 2.21. The number of nitriles is 1. The van der Waals surface area contributed by atoms with Crippen molar-refractivity contribution in [1.82, 2.24) is 14.4 Å². The Balaban J connectivity index is 1.97. The van der Waals surface area contributed by atoms with Gasteiger partial charge in [-0.2, -0.15) is 5.26 Å². The summed E-state index contributed by atoms with van der Waals surface area (Å²) in [5.41, 5.74) is 7.42. The van der Waals surface area contributed by atoms with Crippen molar-refractivity contribution < 1.29 is 8.78 Å². The number of hydrogen-bond acceptors (Lipinski definition) is 6. The molecule has 1 atom stereocenters. The molecule has 7 nitrogen and oxygen atoms in total. The zero-order valence-electron chi connectivity index (χ0n) is 17.2. The maximum atomic E-state index is 14.0. The summed E-state index contributed by atoms with van der Waals surface area (Å²) in [6.07, 6.45) is 1.21. The second kappa shape index (κ2) is 8.07. The van der Waals surface area contributed by atoms with E-state index >= 15 is 0 Å². The predicted molar refractivity (Wildman–Crippen MR) is 117 cm³/mol. The van der Waals surface area contributed by atoms with Gasteiger partial charge in [-0.25, -0.2) is 18.7 Å². The van der Waals surface area contributed by atoms with Crippen LogP contribution in [-0.4, -0.2) is 14.4 Å². The van der Waals surface area contributed by atoms with Gasteiger partial charge in [-0.1, -0.05) is 6.07 Å². The lowest BCUT2D eigenvalue weighted by Gasteiger charge is -2.21. The summed E-state index contributed by atoms with van der Waals surface area (Å²) in [4.78, 5) is 21.4. The molecule has 160 valence electrons. The van der Waals surface area contributed by atoms with Crippen molar-refractivity contribution in [1.29, 1.82) is 5.26 Å². The van der Waals surface area contributed by atoms with Gasteiger partial charge in [-0.05, 0) is 55.3 Å². The Morgan fingerprint density at radius 3 is 2.56 bits per heavy atom. The van der Waals surface area contributed by atoms with Crippen LogP contribution in [0.4, 0.5) is 20.4 Å². The van der Waals surface area contributed by atoms with Gasteiger partial charge in [0.1, 0.15) is 41.2 Å². The summed E-state index contributed by atoms with van der Waals surface area (Å²) in [7, 11) is 0. The minimum Gasteiger partial charge on any atom is -0.382 e. The van der Waals surface area contributed by atoms with Crippen molar-refractivity contribution in [3.8, 4) is 17.2 Å². The second-order valence-electron chi connectivity index (χ2n) is 7.33. The summed E-state index contributed by atoms with van der Waals surface area (Å²) in [5, 5.41) is 12.5. The Morgan fingerprint density at radius 2 is 1.88 bits per heavy atom. The molecule has 0 aliphatic carbocycles. The van der Waals surface area contributed by atoms with Crippen LogP contribution in [0.1, 0.15) is 29.8 Å². The van der Waals surface area contributed by atoms with Crippen molar-refractivity contribution in [3.05, 3.63) is 87.6 Å². The fourth-order valence-electron chi connectivity index (χ4n) is 3.73. The highest BCUT2D eigenvalue weighted by molar-refractivity contribution is 5.72. The van der Waals surface area contributed by atoms with Crippen molar-refractivity contribution >= 4 is 17.2 Å². The molecule has 0 radical (unpaired) electrons. The van der Waals surface area contributed by atoms with E-state index in [1.54, 1.807) is 32.0 Å². The Morgan fingerprint density at radius 1 is 1.16 bits per heavy atom. The lowest BCUT2D eigenvalue weighted by molar-refractivity contribution is 0.584. The first kappa shape index (κ1) is 20.9. The number of anilines is 2. The summed E-state index contributed by atoms with van der Waals surface area (Å²) in [6, 6.07) is 11.5. The number of nitrogens with two attached hydrogens (primary N) is 1. The van der Waals surface area contributed by atoms with E-state index < -0.39 is 23.2 Å². The van der Waals surface area contributed by atoms with Crippen molar-refractivity contribution in [2.45, 2.75) is 19.9 Å². The molecule has 4 aromatic rings. The van der Waals surface area contributed by atoms with Gasteiger partial charge in [0.15, 0.2) is 0 Å². The van der Waals surface area contributed by atoms with Crippen LogP contribution in [0.15, 0.2) is 53.6 Å². The molecule has 9 heteroatoms. The maximum absolute atomic E-state index is 14.0. The Labute approximate surface area is 181 Å². The third-order valence-electron chi connectivity index (χ3n) is 5.18. The third-order valence-corrected chi connectivity index (χ3v) is 5.18. The van der Waals surface area contributed by atoms with Crippen LogP contribution in [0, 0.1) is 29.9 Å². The van der Waals surface area contributed by atoms with Gasteiger partial charge in [0.05, 0.1) is 11.6 Å². The first-order valence-corrected chi connectivity index (χ1v) is 9.69. The second-order valence-corrected chi connectivity index (χ2v) is 7.33. The molecular weight excluding hydrogens is 414 g/mol. The number of rotatable bonds is 4. The number of pyridine rings is 2. The van der Waals surface area contributed by atoms with Crippen LogP contribution < -0.4 is 16.6 Å². The number of fused-ring (bicyclic) bond motifs is 1. The monoisotopic (exact) mass is 432 g/mol. The molecule has 3 heterocycles. The number of nitrogens with one attached hydrogen (secondary N) is 1. The molecule has 1 aromatic carbocycles. The lowest BCUT2D eigenvalue weighted by atomic mass is 9.95. The standard InChI is InChI=1S/C23H18F2N6O/c1-12-4-3-5-17-9-18(13(2)30-22-19(10-26)21(27)28-11-29-22)20(23(32)31(12)17)14-6-15(24)8-16(25)7-14/h3-9,11,13H,1-2H3,(H3,27,28,29,30). The van der Waals surface area contributed by atoms with Crippen molar-refractivity contribution in [3.63, 3.8) is 0 Å². The number of aryl methyl sites for hydroxylation is 1. The van der Waals surface area contributed by atoms with E-state index in [2.05, 4.69) is 15.3 Å². The topological polar surface area (TPSA) is 109 Å². The zero-order valence-corrected chi connectivity index (χ0v) is 17.2. The largest absolute Gasteiger partial charge is 0.382 e. The number of benzene rings is 1. The summed E-state index contributed by atoms with van der Waals surface area (Å²) in [6.45, 7) is 3.52. The van der Waals surface area contributed by atoms with E-state index in [1.165, 1.54) is 10.7 Å². The van der Waals surface area contributed by atoms with Crippen LogP contribution in [0.3, 0.4) is 0 Å². The smallest absolute Gasteiger partial charge is 0.263 e. The van der Waals surface area contributed by atoms with Crippen molar-refractivity contribution in [2.24, 2.45) is 0 Å². The number of halogens is 2. The molecular formula is C23H18F2N6O. The van der Waals surface area contributed by atoms with Crippen LogP contribution in [0.2, 0.25) is 0 Å². The molecule has 0 saturated heterocycles. The van der Waals surface area contributed by atoms with E-state index in [9.17, 15) is 18.8 Å². The quantitative estimate of drug-likeness (QED) is 0.505. The first-order valence-electron chi connectivity index (χ1n) is 9.69. The molecule has 0 aliphatic rings. The Kier molecular flexibility index (Phi) is 5.28. The van der Waals surface area contributed by atoms with Crippen LogP contribution in [-0.2, 0) is 0 Å². The normalized spacial score (nSPS) is 11.8. The van der Waals surface area contributed by atoms with Gasteiger partial charge < -0.3 is 11.1 Å². The molecule has 0 fully saturated rings. The maximum Gasteiger partial charge on any atom is 0.263 e. The minimum absolute atomic E-state index is 0.0128. The van der Waals surface area contributed by atoms with Gasteiger partial charge in [-0.15, -0.1) is 0 Å². The zero-order chi connectivity index (χ0) is 23.0. The average Bonchev–Trinajstić information content (AvgIpc) is 2.73. The Hall–Kier alpha value is -4.32. The molecule has 3 N–H and O–H groups in total. The average molecular weight is 432 g/mol. The van der Waals surface area contributed by atoms with Gasteiger partial charge in [0.2, 0.25) is 0 Å². The SMILES string of the molecule is Cc1cccc2cc(C(C)Nc3ncnc(N)c3C#N)c(-c3cc(F)cc(F)c3)c(=O)n12. The van der Waals surface area contributed by atoms with Gasteiger partial charge >= 0.3 is 0 Å². The number of nitrogen functional groups attached to an aromatic ring is 1. The molecule has 4 rings (SSSR count). The molecule has 0 bridgehead atoms. The molecule has 0 spiro atoms. The Bertz CT molecular complexity index is 1440. The molecule has 0 amide bonds.